The summed E-state index contributed by atoms with van der Waals surface area (Å²) in [6.07, 6.45) is 3.48. The molecule has 0 unspecified atom stereocenters. The molecule has 11 heteroatoms. The second-order valence-electron chi connectivity index (χ2n) is 11.8. The molecule has 3 aromatic heterocycles. The molecule has 2 N–H and O–H groups in total. The molecule has 0 aliphatic carbocycles. The first-order chi connectivity index (χ1) is 22.5. The minimum atomic E-state index is -0.975. The van der Waals surface area contributed by atoms with Gasteiger partial charge in [-0.2, -0.15) is 10.2 Å². The molecule has 46 heavy (non-hydrogen) atoms. The van der Waals surface area contributed by atoms with Gasteiger partial charge in [-0.1, -0.05) is 41.9 Å². The van der Waals surface area contributed by atoms with Crippen molar-refractivity contribution < 1.29 is 19.4 Å². The van der Waals surface area contributed by atoms with Crippen LogP contribution in [0.3, 0.4) is 0 Å². The van der Waals surface area contributed by atoms with Crippen LogP contribution in [-0.4, -0.2) is 48.8 Å². The number of aromatic amines is 1. The van der Waals surface area contributed by atoms with Crippen molar-refractivity contribution in [1.82, 2.24) is 24.5 Å². The van der Waals surface area contributed by atoms with Crippen LogP contribution in [0.1, 0.15) is 46.0 Å². The van der Waals surface area contributed by atoms with Gasteiger partial charge in [-0.25, -0.2) is 9.48 Å². The molecule has 0 fully saturated rings. The molecule has 0 amide bonds. The quantitative estimate of drug-likeness (QED) is 0.190. The summed E-state index contributed by atoms with van der Waals surface area (Å²) in [5.41, 5.74) is 6.37. The maximum atomic E-state index is 12.7. The molecule has 0 radical (unpaired) electrons. The summed E-state index contributed by atoms with van der Waals surface area (Å²) in [5.74, 6) is 1.29. The van der Waals surface area contributed by atoms with Gasteiger partial charge in [0.05, 0.1) is 40.6 Å². The van der Waals surface area contributed by atoms with E-state index < -0.39 is 5.97 Å². The van der Waals surface area contributed by atoms with Gasteiger partial charge >= 0.3 is 5.97 Å². The number of benzene rings is 3. The topological polar surface area (TPSA) is 107 Å². The van der Waals surface area contributed by atoms with E-state index in [4.69, 9.17) is 26.2 Å². The zero-order valence-electron chi connectivity index (χ0n) is 25.3. The van der Waals surface area contributed by atoms with Gasteiger partial charge in [0, 0.05) is 39.7 Å². The Morgan fingerprint density at radius 2 is 1.89 bits per heavy atom. The number of carboxylic acids is 1. The zero-order valence-corrected chi connectivity index (χ0v) is 26.9. The predicted octanol–water partition coefficient (Wildman–Crippen LogP) is 7.45. The monoisotopic (exact) mass is 653 g/mol. The Hall–Kier alpha value is -4.41. The Labute approximate surface area is 274 Å². The SMILES string of the molecule is Cn1c(C(=O)O)c2c3ccc(Cl)c(c31)-c1c(nn3c1OCC3)CCCc1cc([nH]n1)CSc1cc(c3ccccc3c1)OCCC2. The lowest BCUT2D eigenvalue weighted by Crippen LogP contribution is -2.09. The van der Waals surface area contributed by atoms with Crippen LogP contribution in [0.15, 0.2) is 59.5 Å². The molecule has 0 spiro atoms. The Morgan fingerprint density at radius 1 is 1.00 bits per heavy atom. The van der Waals surface area contributed by atoms with E-state index in [1.54, 1.807) is 23.4 Å². The molecular formula is C35H32ClN5O4S. The minimum Gasteiger partial charge on any atom is -0.493 e. The fourth-order valence-electron chi connectivity index (χ4n) is 6.90. The molecule has 8 rings (SSSR count). The van der Waals surface area contributed by atoms with Crippen molar-refractivity contribution in [2.24, 2.45) is 7.05 Å². The predicted molar refractivity (Wildman–Crippen MR) is 180 cm³/mol. The number of carbonyl (C=O) groups is 1. The van der Waals surface area contributed by atoms with Crippen LogP contribution < -0.4 is 9.47 Å². The Kier molecular flexibility index (Phi) is 7.41. The van der Waals surface area contributed by atoms with Crippen LogP contribution in [0.5, 0.6) is 11.6 Å². The number of hydrogen-bond acceptors (Lipinski definition) is 6. The third-order valence-electron chi connectivity index (χ3n) is 8.93. The highest BCUT2D eigenvalue weighted by atomic mass is 35.5. The molecule has 234 valence electrons. The van der Waals surface area contributed by atoms with Gasteiger partial charge in [0.1, 0.15) is 18.1 Å². The van der Waals surface area contributed by atoms with E-state index in [9.17, 15) is 9.90 Å². The lowest BCUT2D eigenvalue weighted by atomic mass is 9.98. The summed E-state index contributed by atoms with van der Waals surface area (Å²) in [4.78, 5) is 13.9. The van der Waals surface area contributed by atoms with Crippen molar-refractivity contribution >= 4 is 51.0 Å². The van der Waals surface area contributed by atoms with Crippen molar-refractivity contribution in [3.63, 3.8) is 0 Å². The van der Waals surface area contributed by atoms with Gasteiger partial charge in [-0.3, -0.25) is 5.10 Å². The van der Waals surface area contributed by atoms with E-state index in [1.807, 2.05) is 28.9 Å². The van der Waals surface area contributed by atoms with E-state index in [0.29, 0.717) is 49.9 Å². The fraction of sp³-hybridized carbons (Fsp3) is 0.286. The highest BCUT2D eigenvalue weighted by molar-refractivity contribution is 7.98. The van der Waals surface area contributed by atoms with Crippen LogP contribution in [0.25, 0.3) is 32.8 Å². The molecule has 8 bridgehead atoms. The smallest absolute Gasteiger partial charge is 0.352 e. The van der Waals surface area contributed by atoms with E-state index in [1.165, 1.54) is 0 Å². The number of nitrogens with one attached hydrogen (secondary N) is 1. The standard InChI is InChI=1S/C35H32ClN5O4S/c1-40-32-26-11-12-27(36)30(32)31-28(39-41-13-15-45-34(31)41)10-4-7-21-17-22(38-37-21)19-46-23-16-20-6-2-3-8-24(20)29(18-23)44-14-5-9-25(26)33(40)35(42)43/h2-3,6,8,11-12,16-18H,4-5,7,9-10,13-15,19H2,1H3,(H,37,38)(H,42,43). The fourth-order valence-corrected chi connectivity index (χ4v) is 8.02. The highest BCUT2D eigenvalue weighted by Crippen LogP contribution is 2.46. The van der Waals surface area contributed by atoms with Crippen molar-refractivity contribution in [2.45, 2.75) is 49.3 Å². The van der Waals surface area contributed by atoms with Crippen molar-refractivity contribution in [3.8, 4) is 22.8 Å². The summed E-state index contributed by atoms with van der Waals surface area (Å²) < 4.78 is 16.2. The average Bonchev–Trinajstić information content (AvgIpc) is 3.82. The maximum Gasteiger partial charge on any atom is 0.352 e. The lowest BCUT2D eigenvalue weighted by molar-refractivity contribution is 0.0685. The number of carboxylic acid groups (broad SMARTS) is 1. The zero-order chi connectivity index (χ0) is 31.4. The van der Waals surface area contributed by atoms with Crippen LogP contribution >= 0.6 is 23.4 Å². The van der Waals surface area contributed by atoms with Gasteiger partial charge in [-0.15, -0.1) is 11.8 Å². The van der Waals surface area contributed by atoms with Crippen LogP contribution in [0, 0.1) is 0 Å². The number of thioether (sulfide) groups is 1. The molecule has 0 atom stereocenters. The normalized spacial score (nSPS) is 15.3. The van der Waals surface area contributed by atoms with Crippen molar-refractivity contribution in [1.29, 1.82) is 0 Å². The molecular weight excluding hydrogens is 622 g/mol. The number of H-pyrrole nitrogens is 1. The van der Waals surface area contributed by atoms with E-state index in [2.05, 4.69) is 40.5 Å². The molecule has 2 aliphatic rings. The number of aromatic nitrogens is 5. The first-order valence-corrected chi connectivity index (χ1v) is 16.9. The number of halogens is 1. The first kappa shape index (κ1) is 29.0. The lowest BCUT2D eigenvalue weighted by Gasteiger charge is -2.12. The van der Waals surface area contributed by atoms with E-state index in [-0.39, 0.29) is 5.69 Å². The van der Waals surface area contributed by atoms with Gasteiger partial charge in [0.25, 0.3) is 0 Å². The van der Waals surface area contributed by atoms with Crippen LogP contribution in [-0.2, 0) is 38.6 Å². The number of hydrogen-bond donors (Lipinski definition) is 2. The Balaban J connectivity index is 1.25. The molecule has 0 saturated heterocycles. The third kappa shape index (κ3) is 5.00. The minimum absolute atomic E-state index is 0.255. The summed E-state index contributed by atoms with van der Waals surface area (Å²) >= 11 is 8.73. The van der Waals surface area contributed by atoms with Crippen LogP contribution in [0.4, 0.5) is 0 Å². The molecule has 2 aliphatic heterocycles. The van der Waals surface area contributed by atoms with Crippen molar-refractivity contribution in [3.05, 3.63) is 88.0 Å². The molecule has 3 aromatic carbocycles. The van der Waals surface area contributed by atoms with Gasteiger partial charge in [0.2, 0.25) is 5.88 Å². The van der Waals surface area contributed by atoms with E-state index >= 15 is 0 Å². The molecule has 5 heterocycles. The summed E-state index contributed by atoms with van der Waals surface area (Å²) in [5, 5.41) is 26.8. The van der Waals surface area contributed by atoms with Gasteiger partial charge in [-0.05, 0) is 67.3 Å². The number of aryl methyl sites for hydroxylation is 4. The summed E-state index contributed by atoms with van der Waals surface area (Å²) in [6.45, 7) is 1.63. The van der Waals surface area contributed by atoms with E-state index in [0.717, 1.165) is 84.7 Å². The molecule has 9 nitrogen and oxygen atoms in total. The summed E-state index contributed by atoms with van der Waals surface area (Å²) in [7, 11) is 1.80. The second-order valence-corrected chi connectivity index (χ2v) is 13.3. The average molecular weight is 654 g/mol. The first-order valence-electron chi connectivity index (χ1n) is 15.5. The van der Waals surface area contributed by atoms with Gasteiger partial charge in [0.15, 0.2) is 0 Å². The number of nitrogens with zero attached hydrogens (tertiary/aromatic N) is 4. The maximum absolute atomic E-state index is 12.7. The number of aromatic carboxylic acids is 1. The van der Waals surface area contributed by atoms with Crippen LogP contribution in [0.2, 0.25) is 5.02 Å². The van der Waals surface area contributed by atoms with Crippen molar-refractivity contribution in [2.75, 3.05) is 13.2 Å². The largest absolute Gasteiger partial charge is 0.493 e. The highest BCUT2D eigenvalue weighted by Gasteiger charge is 2.31. The molecule has 6 aromatic rings. The Bertz CT molecular complexity index is 2150. The summed E-state index contributed by atoms with van der Waals surface area (Å²) in [6, 6.07) is 18.5. The third-order valence-corrected chi connectivity index (χ3v) is 10.3. The number of ether oxygens (including phenoxy) is 2. The van der Waals surface area contributed by atoms with Gasteiger partial charge < -0.3 is 19.1 Å². The number of fused-ring (bicyclic) bond motifs is 10. The number of rotatable bonds is 1. The second kappa shape index (κ2) is 11.7. The molecule has 0 saturated carbocycles. The Morgan fingerprint density at radius 3 is 2.78 bits per heavy atom.